The second-order valence-electron chi connectivity index (χ2n) is 5.34. The normalized spacial score (nSPS) is 10.5. The first-order valence-corrected chi connectivity index (χ1v) is 9.52. The summed E-state index contributed by atoms with van der Waals surface area (Å²) in [5.41, 5.74) is 2.13. The molecular weight excluding hydrogens is 363 g/mol. The highest BCUT2D eigenvalue weighted by atomic mass is 35.5. The van der Waals surface area contributed by atoms with Crippen molar-refractivity contribution in [3.05, 3.63) is 64.1 Å². The number of hydrogen-bond donors (Lipinski definition) is 1. The number of amides is 1. The number of nitrogens with zero attached hydrogens (tertiary/aromatic N) is 1. The van der Waals surface area contributed by atoms with Crippen molar-refractivity contribution in [3.8, 4) is 0 Å². The summed E-state index contributed by atoms with van der Waals surface area (Å²) in [5, 5.41) is 4.20. The summed E-state index contributed by atoms with van der Waals surface area (Å²) >= 11 is 13.5. The van der Waals surface area contributed by atoms with Crippen LogP contribution in [-0.2, 0) is 10.5 Å². The van der Waals surface area contributed by atoms with Crippen molar-refractivity contribution in [2.45, 2.75) is 5.75 Å². The van der Waals surface area contributed by atoms with Gasteiger partial charge in [0.2, 0.25) is 5.91 Å². The smallest absolute Gasteiger partial charge is 0.230 e. The molecule has 1 amide bonds. The lowest BCUT2D eigenvalue weighted by molar-refractivity contribution is -0.118. The molecule has 2 rings (SSSR count). The van der Waals surface area contributed by atoms with Gasteiger partial charge in [-0.25, -0.2) is 0 Å². The molecule has 0 aliphatic rings. The first-order valence-electron chi connectivity index (χ1n) is 7.61. The number of nitrogens with one attached hydrogen (secondary N) is 1. The molecule has 2 aromatic carbocycles. The zero-order valence-electron chi connectivity index (χ0n) is 13.5. The fourth-order valence-electron chi connectivity index (χ4n) is 2.12. The SMILES string of the molecule is CN(CCNC(=O)CSCc1ccc(Cl)cc1Cl)c1ccccc1. The Bertz CT molecular complexity index is 667. The van der Waals surface area contributed by atoms with Crippen molar-refractivity contribution in [1.29, 1.82) is 0 Å². The van der Waals surface area contributed by atoms with E-state index in [0.29, 0.717) is 28.1 Å². The summed E-state index contributed by atoms with van der Waals surface area (Å²) in [6.07, 6.45) is 0. The zero-order chi connectivity index (χ0) is 17.4. The molecule has 0 atom stereocenters. The molecule has 0 spiro atoms. The van der Waals surface area contributed by atoms with Gasteiger partial charge in [0.15, 0.2) is 0 Å². The van der Waals surface area contributed by atoms with E-state index in [9.17, 15) is 4.79 Å². The molecular formula is C18H20Cl2N2OS. The highest BCUT2D eigenvalue weighted by molar-refractivity contribution is 7.99. The monoisotopic (exact) mass is 382 g/mol. The van der Waals surface area contributed by atoms with E-state index in [-0.39, 0.29) is 5.91 Å². The summed E-state index contributed by atoms with van der Waals surface area (Å²) in [4.78, 5) is 14.0. The first-order chi connectivity index (χ1) is 11.6. The molecule has 0 fully saturated rings. The summed E-state index contributed by atoms with van der Waals surface area (Å²) in [6.45, 7) is 1.38. The van der Waals surface area contributed by atoms with E-state index in [1.54, 1.807) is 6.07 Å². The van der Waals surface area contributed by atoms with Crippen LogP contribution in [0, 0.1) is 0 Å². The van der Waals surface area contributed by atoms with Gasteiger partial charge in [0, 0.05) is 41.6 Å². The fourth-order valence-corrected chi connectivity index (χ4v) is 3.53. The number of para-hydroxylation sites is 1. The van der Waals surface area contributed by atoms with Gasteiger partial charge in [-0.15, -0.1) is 11.8 Å². The van der Waals surface area contributed by atoms with Crippen molar-refractivity contribution < 1.29 is 4.79 Å². The molecule has 0 saturated carbocycles. The lowest BCUT2D eigenvalue weighted by atomic mass is 10.2. The zero-order valence-corrected chi connectivity index (χ0v) is 15.8. The standard InChI is InChI=1S/C18H20Cl2N2OS/c1-22(16-5-3-2-4-6-16)10-9-21-18(23)13-24-12-14-7-8-15(19)11-17(14)20/h2-8,11H,9-10,12-13H2,1H3,(H,21,23). The molecule has 0 aliphatic heterocycles. The Hall–Kier alpha value is -1.36. The summed E-state index contributed by atoms with van der Waals surface area (Å²) in [5.74, 6) is 1.13. The van der Waals surface area contributed by atoms with Crippen LogP contribution in [-0.4, -0.2) is 31.8 Å². The molecule has 0 bridgehead atoms. The third-order valence-corrected chi connectivity index (χ3v) is 5.04. The third kappa shape index (κ3) is 6.27. The Balaban J connectivity index is 1.65. The molecule has 6 heteroatoms. The van der Waals surface area contributed by atoms with Crippen molar-refractivity contribution in [2.75, 3.05) is 30.8 Å². The van der Waals surface area contributed by atoms with E-state index < -0.39 is 0 Å². The van der Waals surface area contributed by atoms with E-state index in [1.165, 1.54) is 11.8 Å². The van der Waals surface area contributed by atoms with Gasteiger partial charge in [-0.1, -0.05) is 47.5 Å². The number of thioether (sulfide) groups is 1. The Morgan fingerprint density at radius 1 is 1.17 bits per heavy atom. The van der Waals surface area contributed by atoms with Gasteiger partial charge >= 0.3 is 0 Å². The van der Waals surface area contributed by atoms with E-state index in [0.717, 1.165) is 17.8 Å². The van der Waals surface area contributed by atoms with Crippen LogP contribution >= 0.6 is 35.0 Å². The van der Waals surface area contributed by atoms with Crippen LogP contribution in [0.4, 0.5) is 5.69 Å². The molecule has 0 aromatic heterocycles. The van der Waals surface area contributed by atoms with Crippen molar-refractivity contribution in [2.24, 2.45) is 0 Å². The third-order valence-electron chi connectivity index (χ3n) is 3.47. The molecule has 0 radical (unpaired) electrons. The topological polar surface area (TPSA) is 32.3 Å². The van der Waals surface area contributed by atoms with E-state index in [1.807, 2.05) is 49.5 Å². The van der Waals surface area contributed by atoms with Gasteiger partial charge in [-0.05, 0) is 29.8 Å². The molecule has 128 valence electrons. The number of benzene rings is 2. The van der Waals surface area contributed by atoms with Crippen LogP contribution in [0.15, 0.2) is 48.5 Å². The van der Waals surface area contributed by atoms with Crippen LogP contribution in [0.2, 0.25) is 10.0 Å². The number of rotatable bonds is 8. The van der Waals surface area contributed by atoms with Gasteiger partial charge in [-0.3, -0.25) is 4.79 Å². The minimum absolute atomic E-state index is 0.0338. The fraction of sp³-hybridized carbons (Fsp3) is 0.278. The minimum atomic E-state index is 0.0338. The van der Waals surface area contributed by atoms with Crippen LogP contribution in [0.3, 0.4) is 0 Å². The lowest BCUT2D eigenvalue weighted by Gasteiger charge is -2.19. The number of likely N-dealkylation sites (N-methyl/N-ethyl adjacent to an activating group) is 1. The van der Waals surface area contributed by atoms with Gasteiger partial charge in [0.25, 0.3) is 0 Å². The number of carbonyl (C=O) groups excluding carboxylic acids is 1. The van der Waals surface area contributed by atoms with Crippen molar-refractivity contribution in [1.82, 2.24) is 5.32 Å². The summed E-state index contributed by atoms with van der Waals surface area (Å²) in [7, 11) is 2.01. The predicted molar refractivity (Wildman–Crippen MR) is 105 cm³/mol. The second kappa shape index (κ2) is 9.82. The molecule has 1 N–H and O–H groups in total. The average molecular weight is 383 g/mol. The average Bonchev–Trinajstić information content (AvgIpc) is 2.57. The Morgan fingerprint density at radius 3 is 2.62 bits per heavy atom. The Kier molecular flexibility index (Phi) is 7.76. The Morgan fingerprint density at radius 2 is 1.92 bits per heavy atom. The van der Waals surface area contributed by atoms with Crippen LogP contribution < -0.4 is 10.2 Å². The maximum atomic E-state index is 11.9. The molecule has 0 aliphatic carbocycles. The molecule has 0 unspecified atom stereocenters. The van der Waals surface area contributed by atoms with Crippen LogP contribution in [0.5, 0.6) is 0 Å². The molecule has 3 nitrogen and oxygen atoms in total. The Labute approximate surface area is 157 Å². The number of halogens is 2. The van der Waals surface area contributed by atoms with Crippen LogP contribution in [0.25, 0.3) is 0 Å². The second-order valence-corrected chi connectivity index (χ2v) is 7.16. The number of anilines is 1. The number of hydrogen-bond acceptors (Lipinski definition) is 3. The molecule has 24 heavy (non-hydrogen) atoms. The molecule has 0 heterocycles. The van der Waals surface area contributed by atoms with E-state index in [4.69, 9.17) is 23.2 Å². The minimum Gasteiger partial charge on any atom is -0.373 e. The highest BCUT2D eigenvalue weighted by Gasteiger charge is 2.06. The molecule has 2 aromatic rings. The van der Waals surface area contributed by atoms with E-state index >= 15 is 0 Å². The quantitative estimate of drug-likeness (QED) is 0.730. The van der Waals surface area contributed by atoms with Gasteiger partial charge < -0.3 is 10.2 Å². The lowest BCUT2D eigenvalue weighted by Crippen LogP contribution is -2.33. The predicted octanol–water partition coefficient (Wildman–Crippen LogP) is 4.48. The maximum absolute atomic E-state index is 11.9. The van der Waals surface area contributed by atoms with Crippen molar-refractivity contribution >= 4 is 46.6 Å². The summed E-state index contributed by atoms with van der Waals surface area (Å²) in [6, 6.07) is 15.5. The van der Waals surface area contributed by atoms with Crippen molar-refractivity contribution in [3.63, 3.8) is 0 Å². The van der Waals surface area contributed by atoms with Gasteiger partial charge in [0.05, 0.1) is 5.75 Å². The molecule has 0 saturated heterocycles. The number of carbonyl (C=O) groups is 1. The largest absolute Gasteiger partial charge is 0.373 e. The van der Waals surface area contributed by atoms with Crippen LogP contribution in [0.1, 0.15) is 5.56 Å². The highest BCUT2D eigenvalue weighted by Crippen LogP contribution is 2.24. The van der Waals surface area contributed by atoms with E-state index in [2.05, 4.69) is 10.2 Å². The first kappa shape index (κ1) is 19.0. The van der Waals surface area contributed by atoms with Gasteiger partial charge in [0.1, 0.15) is 0 Å². The van der Waals surface area contributed by atoms with Gasteiger partial charge in [-0.2, -0.15) is 0 Å². The summed E-state index contributed by atoms with van der Waals surface area (Å²) < 4.78 is 0. The maximum Gasteiger partial charge on any atom is 0.230 e.